The Bertz CT molecular complexity index is 721. The predicted octanol–water partition coefficient (Wildman–Crippen LogP) is 4.26. The van der Waals surface area contributed by atoms with E-state index < -0.39 is 5.97 Å². The summed E-state index contributed by atoms with van der Waals surface area (Å²) in [6.45, 7) is 3.93. The van der Waals surface area contributed by atoms with Gasteiger partial charge >= 0.3 is 5.97 Å². The molecular weight excluding hydrogens is 280 g/mol. The Balaban J connectivity index is 2.07. The molecule has 1 heterocycles. The van der Waals surface area contributed by atoms with Gasteiger partial charge in [0.05, 0.1) is 6.10 Å². The molecule has 0 spiro atoms. The second-order valence-electron chi connectivity index (χ2n) is 5.44. The molecule has 22 heavy (non-hydrogen) atoms. The molecule has 0 amide bonds. The van der Waals surface area contributed by atoms with Crippen LogP contribution in [0.3, 0.4) is 0 Å². The third-order valence-electron chi connectivity index (χ3n) is 3.91. The van der Waals surface area contributed by atoms with E-state index in [9.17, 15) is 9.90 Å². The van der Waals surface area contributed by atoms with E-state index in [1.807, 2.05) is 38.1 Å². The van der Waals surface area contributed by atoms with Crippen LogP contribution in [0.5, 0.6) is 17.2 Å². The predicted molar refractivity (Wildman–Crippen MR) is 83.1 cm³/mol. The summed E-state index contributed by atoms with van der Waals surface area (Å²) >= 11 is 0. The Kier molecular flexibility index (Phi) is 3.75. The standard InChI is InChI=1S/C18H18O4/c1-3-11(2)21-16-9-8-15-13(17(16)18(19)20)10-12-6-4-5-7-14(12)22-15/h4-9,11H,3,10H2,1-2H3,(H,19,20). The first-order chi connectivity index (χ1) is 10.6. The van der Waals surface area contributed by atoms with E-state index in [1.165, 1.54) is 0 Å². The van der Waals surface area contributed by atoms with Crippen LogP contribution >= 0.6 is 0 Å². The molecular formula is C18H18O4. The van der Waals surface area contributed by atoms with Gasteiger partial charge in [-0.05, 0) is 37.1 Å². The number of carboxylic acid groups (broad SMARTS) is 1. The molecule has 1 unspecified atom stereocenters. The SMILES string of the molecule is CCC(C)Oc1ccc2c(c1C(=O)O)Cc1ccccc1O2. The van der Waals surface area contributed by atoms with Gasteiger partial charge in [-0.15, -0.1) is 0 Å². The highest BCUT2D eigenvalue weighted by Gasteiger charge is 2.26. The number of fused-ring (bicyclic) bond motifs is 2. The Morgan fingerprint density at radius 2 is 2.05 bits per heavy atom. The highest BCUT2D eigenvalue weighted by molar-refractivity contribution is 5.94. The van der Waals surface area contributed by atoms with Crippen molar-refractivity contribution in [2.75, 3.05) is 0 Å². The summed E-state index contributed by atoms with van der Waals surface area (Å²) in [5, 5.41) is 9.62. The van der Waals surface area contributed by atoms with Gasteiger partial charge in [0, 0.05) is 12.0 Å². The molecule has 0 bridgehead atoms. The van der Waals surface area contributed by atoms with Crippen LogP contribution in [0.15, 0.2) is 36.4 Å². The average molecular weight is 298 g/mol. The summed E-state index contributed by atoms with van der Waals surface area (Å²) < 4.78 is 11.6. The van der Waals surface area contributed by atoms with E-state index in [-0.39, 0.29) is 11.7 Å². The van der Waals surface area contributed by atoms with Crippen molar-refractivity contribution in [3.8, 4) is 17.2 Å². The fourth-order valence-electron chi connectivity index (χ4n) is 2.57. The zero-order valence-corrected chi connectivity index (χ0v) is 12.6. The number of benzene rings is 2. The normalized spacial score (nSPS) is 13.5. The molecule has 114 valence electrons. The summed E-state index contributed by atoms with van der Waals surface area (Å²) in [4.78, 5) is 11.7. The van der Waals surface area contributed by atoms with Crippen LogP contribution in [0.2, 0.25) is 0 Å². The third-order valence-corrected chi connectivity index (χ3v) is 3.91. The first-order valence-corrected chi connectivity index (χ1v) is 7.41. The minimum Gasteiger partial charge on any atom is -0.490 e. The van der Waals surface area contributed by atoms with Gasteiger partial charge in [-0.25, -0.2) is 4.79 Å². The van der Waals surface area contributed by atoms with Gasteiger partial charge in [0.1, 0.15) is 22.8 Å². The van der Waals surface area contributed by atoms with E-state index in [0.29, 0.717) is 23.5 Å². The molecule has 0 aliphatic carbocycles. The van der Waals surface area contributed by atoms with E-state index in [2.05, 4.69) is 0 Å². The number of rotatable bonds is 4. The quantitative estimate of drug-likeness (QED) is 0.782. The second kappa shape index (κ2) is 5.72. The molecule has 1 atom stereocenters. The van der Waals surface area contributed by atoms with Crippen LogP contribution < -0.4 is 9.47 Å². The third kappa shape index (κ3) is 2.52. The minimum absolute atomic E-state index is 0.0343. The minimum atomic E-state index is -0.988. The van der Waals surface area contributed by atoms with Crippen LogP contribution in [0, 0.1) is 0 Å². The molecule has 1 N–H and O–H groups in total. The van der Waals surface area contributed by atoms with Crippen molar-refractivity contribution in [1.29, 1.82) is 0 Å². The zero-order chi connectivity index (χ0) is 15.7. The van der Waals surface area contributed by atoms with Crippen molar-refractivity contribution in [3.05, 3.63) is 53.1 Å². The largest absolute Gasteiger partial charge is 0.490 e. The topological polar surface area (TPSA) is 55.8 Å². The number of carboxylic acids is 1. The smallest absolute Gasteiger partial charge is 0.339 e. The highest BCUT2D eigenvalue weighted by atomic mass is 16.5. The van der Waals surface area contributed by atoms with Gasteiger partial charge in [0.2, 0.25) is 0 Å². The zero-order valence-electron chi connectivity index (χ0n) is 12.6. The van der Waals surface area contributed by atoms with Crippen LogP contribution in [0.25, 0.3) is 0 Å². The monoisotopic (exact) mass is 298 g/mol. The van der Waals surface area contributed by atoms with Crippen molar-refractivity contribution in [1.82, 2.24) is 0 Å². The first-order valence-electron chi connectivity index (χ1n) is 7.41. The van der Waals surface area contributed by atoms with E-state index >= 15 is 0 Å². The Labute approximate surface area is 129 Å². The van der Waals surface area contributed by atoms with Crippen LogP contribution in [-0.2, 0) is 6.42 Å². The number of hydrogen-bond donors (Lipinski definition) is 1. The van der Waals surface area contributed by atoms with Crippen molar-refractivity contribution < 1.29 is 19.4 Å². The van der Waals surface area contributed by atoms with Crippen molar-refractivity contribution in [2.45, 2.75) is 32.8 Å². The summed E-state index contributed by atoms with van der Waals surface area (Å²) in [7, 11) is 0. The van der Waals surface area contributed by atoms with Gasteiger partial charge in [-0.1, -0.05) is 25.1 Å². The number of carbonyl (C=O) groups is 1. The van der Waals surface area contributed by atoms with Crippen molar-refractivity contribution >= 4 is 5.97 Å². The summed E-state index contributed by atoms with van der Waals surface area (Å²) in [5.41, 5.74) is 1.86. The summed E-state index contributed by atoms with van der Waals surface area (Å²) in [6.07, 6.45) is 1.31. The molecule has 0 saturated heterocycles. The lowest BCUT2D eigenvalue weighted by Crippen LogP contribution is -2.16. The summed E-state index contributed by atoms with van der Waals surface area (Å²) in [6, 6.07) is 11.1. The lowest BCUT2D eigenvalue weighted by molar-refractivity contribution is 0.0687. The van der Waals surface area contributed by atoms with Gasteiger partial charge in [0.25, 0.3) is 0 Å². The number of ether oxygens (including phenoxy) is 2. The second-order valence-corrected chi connectivity index (χ2v) is 5.44. The lowest BCUT2D eigenvalue weighted by Gasteiger charge is -2.24. The molecule has 0 aromatic heterocycles. The van der Waals surface area contributed by atoms with E-state index in [4.69, 9.17) is 9.47 Å². The van der Waals surface area contributed by atoms with Crippen molar-refractivity contribution in [3.63, 3.8) is 0 Å². The fourth-order valence-corrected chi connectivity index (χ4v) is 2.57. The number of hydrogen-bond acceptors (Lipinski definition) is 3. The van der Waals surface area contributed by atoms with Gasteiger partial charge in [-0.3, -0.25) is 0 Å². The van der Waals surface area contributed by atoms with Gasteiger partial charge < -0.3 is 14.6 Å². The molecule has 2 aromatic rings. The fraction of sp³-hybridized carbons (Fsp3) is 0.278. The number of para-hydroxylation sites is 1. The van der Waals surface area contributed by atoms with Crippen molar-refractivity contribution in [2.24, 2.45) is 0 Å². The maximum Gasteiger partial charge on any atom is 0.339 e. The maximum absolute atomic E-state index is 11.7. The Morgan fingerprint density at radius 1 is 1.27 bits per heavy atom. The van der Waals surface area contributed by atoms with Crippen LogP contribution in [0.4, 0.5) is 0 Å². The summed E-state index contributed by atoms with van der Waals surface area (Å²) in [5.74, 6) is 0.788. The van der Waals surface area contributed by atoms with Crippen LogP contribution in [-0.4, -0.2) is 17.2 Å². The molecule has 4 nitrogen and oxygen atoms in total. The Morgan fingerprint density at radius 3 is 2.77 bits per heavy atom. The molecule has 3 rings (SSSR count). The molecule has 0 radical (unpaired) electrons. The molecule has 2 aromatic carbocycles. The first kappa shape index (κ1) is 14.4. The lowest BCUT2D eigenvalue weighted by atomic mass is 9.95. The van der Waals surface area contributed by atoms with E-state index in [1.54, 1.807) is 12.1 Å². The molecule has 4 heteroatoms. The maximum atomic E-state index is 11.7. The van der Waals surface area contributed by atoms with Crippen LogP contribution in [0.1, 0.15) is 41.8 Å². The molecule has 1 aliphatic rings. The Hall–Kier alpha value is -2.49. The van der Waals surface area contributed by atoms with Gasteiger partial charge in [0.15, 0.2) is 0 Å². The van der Waals surface area contributed by atoms with E-state index in [0.717, 1.165) is 17.7 Å². The average Bonchev–Trinajstić information content (AvgIpc) is 2.52. The van der Waals surface area contributed by atoms with Gasteiger partial charge in [-0.2, -0.15) is 0 Å². The molecule has 0 fully saturated rings. The number of aromatic carboxylic acids is 1. The molecule has 1 aliphatic heterocycles. The molecule has 0 saturated carbocycles. The highest BCUT2D eigenvalue weighted by Crippen LogP contribution is 2.41.